The third-order valence-corrected chi connectivity index (χ3v) is 5.28. The Balaban J connectivity index is 1.72. The highest BCUT2D eigenvalue weighted by Crippen LogP contribution is 2.18. The first-order chi connectivity index (χ1) is 11.8. The van der Waals surface area contributed by atoms with E-state index in [-0.39, 0.29) is 11.4 Å². The maximum Gasteiger partial charge on any atom is 0.241 e. The summed E-state index contributed by atoms with van der Waals surface area (Å²) in [6, 6.07) is 7.19. The van der Waals surface area contributed by atoms with Gasteiger partial charge in [-0.3, -0.25) is 9.67 Å². The topological polar surface area (TPSA) is 76.9 Å². The number of hydrogen-bond acceptors (Lipinski definition) is 4. The van der Waals surface area contributed by atoms with E-state index in [0.717, 1.165) is 22.9 Å². The van der Waals surface area contributed by atoms with Gasteiger partial charge in [0.2, 0.25) is 10.0 Å². The van der Waals surface area contributed by atoms with Crippen molar-refractivity contribution in [2.24, 2.45) is 7.05 Å². The summed E-state index contributed by atoms with van der Waals surface area (Å²) in [5.74, 6) is -0.466. The quantitative estimate of drug-likeness (QED) is 0.758. The summed E-state index contributed by atoms with van der Waals surface area (Å²) in [7, 11) is -1.90. The molecular formula is C17H17FN4O2S. The molecule has 1 N–H and O–H groups in total. The molecular weight excluding hydrogens is 343 g/mol. The molecule has 0 aliphatic rings. The van der Waals surface area contributed by atoms with Crippen molar-refractivity contribution in [2.75, 3.05) is 0 Å². The number of nitrogens with zero attached hydrogens (tertiary/aromatic N) is 3. The van der Waals surface area contributed by atoms with Crippen molar-refractivity contribution < 1.29 is 12.8 Å². The molecule has 6 nitrogen and oxygen atoms in total. The molecule has 0 aliphatic carbocycles. The molecule has 25 heavy (non-hydrogen) atoms. The highest BCUT2D eigenvalue weighted by Gasteiger charge is 2.17. The summed E-state index contributed by atoms with van der Waals surface area (Å²) >= 11 is 0. The zero-order valence-electron chi connectivity index (χ0n) is 13.8. The number of sulfonamides is 1. The molecule has 2 heterocycles. The van der Waals surface area contributed by atoms with E-state index < -0.39 is 15.8 Å². The first kappa shape index (κ1) is 17.2. The van der Waals surface area contributed by atoms with E-state index in [4.69, 9.17) is 0 Å². The molecule has 130 valence electrons. The zero-order valence-corrected chi connectivity index (χ0v) is 14.6. The SMILES string of the molecule is Cc1cc(F)ccc1S(=O)(=O)NCc1ccc(-c2cnn(C)c2)nc1. The van der Waals surface area contributed by atoms with Crippen LogP contribution in [0.4, 0.5) is 4.39 Å². The van der Waals surface area contributed by atoms with Gasteiger partial charge in [-0.25, -0.2) is 17.5 Å². The first-order valence-corrected chi connectivity index (χ1v) is 9.03. The molecule has 1 aromatic carbocycles. The smallest absolute Gasteiger partial charge is 0.241 e. The van der Waals surface area contributed by atoms with Crippen molar-refractivity contribution in [3.8, 4) is 11.3 Å². The van der Waals surface area contributed by atoms with Crippen LogP contribution in [0.3, 0.4) is 0 Å². The molecule has 0 spiro atoms. The number of halogens is 1. The van der Waals surface area contributed by atoms with Crippen LogP contribution in [0.5, 0.6) is 0 Å². The highest BCUT2D eigenvalue weighted by atomic mass is 32.2. The number of aromatic nitrogens is 3. The number of benzene rings is 1. The lowest BCUT2D eigenvalue weighted by Gasteiger charge is -2.09. The predicted molar refractivity (Wildman–Crippen MR) is 91.6 cm³/mol. The first-order valence-electron chi connectivity index (χ1n) is 7.55. The van der Waals surface area contributed by atoms with Crippen molar-refractivity contribution >= 4 is 10.0 Å². The summed E-state index contributed by atoms with van der Waals surface area (Å²) in [4.78, 5) is 4.39. The Labute approximate surface area is 145 Å². The van der Waals surface area contributed by atoms with E-state index in [1.807, 2.05) is 19.3 Å². The maximum atomic E-state index is 13.1. The number of hydrogen-bond donors (Lipinski definition) is 1. The van der Waals surface area contributed by atoms with Crippen LogP contribution >= 0.6 is 0 Å². The second kappa shape index (κ2) is 6.73. The van der Waals surface area contributed by atoms with Gasteiger partial charge >= 0.3 is 0 Å². The van der Waals surface area contributed by atoms with Crippen LogP contribution in [-0.2, 0) is 23.6 Å². The Bertz CT molecular complexity index is 998. The van der Waals surface area contributed by atoms with Gasteiger partial charge in [0.1, 0.15) is 5.82 Å². The number of aryl methyl sites for hydroxylation is 2. The summed E-state index contributed by atoms with van der Waals surface area (Å²) in [6.45, 7) is 1.65. The molecule has 0 amide bonds. The van der Waals surface area contributed by atoms with Gasteiger partial charge in [0.15, 0.2) is 0 Å². The number of rotatable bonds is 5. The van der Waals surface area contributed by atoms with E-state index in [0.29, 0.717) is 5.56 Å². The molecule has 0 bridgehead atoms. The molecule has 8 heteroatoms. The summed E-state index contributed by atoms with van der Waals surface area (Å²) in [6.07, 6.45) is 5.17. The van der Waals surface area contributed by atoms with Gasteiger partial charge in [-0.05, 0) is 42.3 Å². The van der Waals surface area contributed by atoms with E-state index in [1.54, 1.807) is 30.1 Å². The van der Waals surface area contributed by atoms with Gasteiger partial charge in [-0.1, -0.05) is 6.07 Å². The average Bonchev–Trinajstić information content (AvgIpc) is 3.00. The van der Waals surface area contributed by atoms with Gasteiger partial charge < -0.3 is 0 Å². The van der Waals surface area contributed by atoms with Crippen LogP contribution in [0.2, 0.25) is 0 Å². The maximum absolute atomic E-state index is 13.1. The molecule has 0 unspecified atom stereocenters. The second-order valence-electron chi connectivity index (χ2n) is 5.69. The normalized spacial score (nSPS) is 11.6. The highest BCUT2D eigenvalue weighted by molar-refractivity contribution is 7.89. The monoisotopic (exact) mass is 360 g/mol. The van der Waals surface area contributed by atoms with Gasteiger partial charge in [0.25, 0.3) is 0 Å². The van der Waals surface area contributed by atoms with Crippen LogP contribution in [0, 0.1) is 12.7 Å². The molecule has 0 atom stereocenters. The van der Waals surface area contributed by atoms with Gasteiger partial charge in [-0.2, -0.15) is 5.10 Å². The second-order valence-corrected chi connectivity index (χ2v) is 7.42. The van der Waals surface area contributed by atoms with Crippen molar-refractivity contribution in [3.05, 3.63) is 65.9 Å². The largest absolute Gasteiger partial charge is 0.275 e. The standard InChI is InChI=1S/C17H17FN4O2S/c1-12-7-15(18)4-6-17(12)25(23,24)21-9-13-3-5-16(19-8-13)14-10-20-22(2)11-14/h3-8,10-11,21H,9H2,1-2H3. The van der Waals surface area contributed by atoms with Crippen molar-refractivity contribution in [1.29, 1.82) is 0 Å². The minimum atomic E-state index is -3.72. The van der Waals surface area contributed by atoms with E-state index in [9.17, 15) is 12.8 Å². The van der Waals surface area contributed by atoms with Crippen molar-refractivity contribution in [2.45, 2.75) is 18.4 Å². The third kappa shape index (κ3) is 3.92. The number of pyridine rings is 1. The fourth-order valence-corrected chi connectivity index (χ4v) is 3.67. The molecule has 2 aromatic heterocycles. The molecule has 0 saturated heterocycles. The minimum Gasteiger partial charge on any atom is -0.275 e. The Morgan fingerprint density at radius 1 is 1.20 bits per heavy atom. The fraction of sp³-hybridized carbons (Fsp3) is 0.176. The van der Waals surface area contributed by atoms with Gasteiger partial charge in [-0.15, -0.1) is 0 Å². The Kier molecular flexibility index (Phi) is 4.65. The van der Waals surface area contributed by atoms with Crippen LogP contribution < -0.4 is 4.72 Å². The van der Waals surface area contributed by atoms with Gasteiger partial charge in [0, 0.05) is 31.5 Å². The molecule has 3 aromatic rings. The summed E-state index contributed by atoms with van der Waals surface area (Å²) in [5, 5.41) is 4.09. The van der Waals surface area contributed by atoms with E-state index in [1.165, 1.54) is 12.1 Å². The van der Waals surface area contributed by atoms with Crippen molar-refractivity contribution in [1.82, 2.24) is 19.5 Å². The summed E-state index contributed by atoms with van der Waals surface area (Å²) in [5.41, 5.74) is 2.72. The van der Waals surface area contributed by atoms with Crippen molar-refractivity contribution in [3.63, 3.8) is 0 Å². The third-order valence-electron chi connectivity index (χ3n) is 3.72. The fourth-order valence-electron chi connectivity index (χ4n) is 2.42. The Morgan fingerprint density at radius 3 is 2.60 bits per heavy atom. The molecule has 0 aliphatic heterocycles. The molecule has 0 fully saturated rings. The predicted octanol–water partition coefficient (Wildman–Crippen LogP) is 2.41. The molecule has 3 rings (SSSR count). The lowest BCUT2D eigenvalue weighted by atomic mass is 10.2. The lowest BCUT2D eigenvalue weighted by Crippen LogP contribution is -2.24. The summed E-state index contributed by atoms with van der Waals surface area (Å²) < 4.78 is 42.1. The van der Waals surface area contributed by atoms with Crippen LogP contribution in [0.15, 0.2) is 53.8 Å². The van der Waals surface area contributed by atoms with Crippen LogP contribution in [0.25, 0.3) is 11.3 Å². The minimum absolute atomic E-state index is 0.0637. The lowest BCUT2D eigenvalue weighted by molar-refractivity contribution is 0.579. The van der Waals surface area contributed by atoms with Crippen LogP contribution in [-0.4, -0.2) is 23.2 Å². The van der Waals surface area contributed by atoms with E-state index >= 15 is 0 Å². The number of nitrogens with one attached hydrogen (secondary N) is 1. The van der Waals surface area contributed by atoms with Gasteiger partial charge in [0.05, 0.1) is 16.8 Å². The Hall–Kier alpha value is -2.58. The zero-order chi connectivity index (χ0) is 18.0. The Morgan fingerprint density at radius 2 is 2.00 bits per heavy atom. The van der Waals surface area contributed by atoms with Crippen LogP contribution in [0.1, 0.15) is 11.1 Å². The van der Waals surface area contributed by atoms with E-state index in [2.05, 4.69) is 14.8 Å². The average molecular weight is 360 g/mol. The molecule has 0 saturated carbocycles. The molecule has 0 radical (unpaired) electrons.